The highest BCUT2D eigenvalue weighted by molar-refractivity contribution is 5.40. The van der Waals surface area contributed by atoms with E-state index in [1.807, 2.05) is 18.2 Å². The molecule has 0 saturated heterocycles. The Kier molecular flexibility index (Phi) is 7.17. The number of ether oxygens (including phenoxy) is 4. The first-order chi connectivity index (χ1) is 8.81. The Morgan fingerprint density at radius 1 is 1.11 bits per heavy atom. The quantitative estimate of drug-likeness (QED) is 0.534. The maximum absolute atomic E-state index is 5.51. The second-order valence-corrected chi connectivity index (χ2v) is 3.69. The van der Waals surface area contributed by atoms with Crippen LogP contribution in [0.1, 0.15) is 5.56 Å². The molecule has 1 N–H and O–H groups in total. The fourth-order valence-corrected chi connectivity index (χ4v) is 1.46. The first-order valence-electron chi connectivity index (χ1n) is 5.80. The molecule has 18 heavy (non-hydrogen) atoms. The highest BCUT2D eigenvalue weighted by Gasteiger charge is 2.05. The van der Waals surface area contributed by atoms with Crippen LogP contribution in [0.15, 0.2) is 18.2 Å². The van der Waals surface area contributed by atoms with E-state index in [1.165, 1.54) is 0 Å². The molecule has 1 aromatic carbocycles. The van der Waals surface area contributed by atoms with E-state index in [-0.39, 0.29) is 6.79 Å². The van der Waals surface area contributed by atoms with Crippen LogP contribution in [-0.2, 0) is 16.0 Å². The number of nitrogens with one attached hydrogen (secondary N) is 1. The molecule has 0 spiro atoms. The predicted molar refractivity (Wildman–Crippen MR) is 69.1 cm³/mol. The SMILES string of the molecule is COCCNCc1ccc(OC)cc1OCOC. The zero-order chi connectivity index (χ0) is 13.2. The van der Waals surface area contributed by atoms with Crippen molar-refractivity contribution >= 4 is 0 Å². The highest BCUT2D eigenvalue weighted by Crippen LogP contribution is 2.24. The molecule has 0 aliphatic heterocycles. The van der Waals surface area contributed by atoms with Crippen molar-refractivity contribution in [1.29, 1.82) is 0 Å². The topological polar surface area (TPSA) is 49.0 Å². The van der Waals surface area contributed by atoms with Gasteiger partial charge in [0.05, 0.1) is 13.7 Å². The van der Waals surface area contributed by atoms with Crippen molar-refractivity contribution in [2.75, 3.05) is 41.3 Å². The Morgan fingerprint density at radius 2 is 1.94 bits per heavy atom. The van der Waals surface area contributed by atoms with Crippen molar-refractivity contribution < 1.29 is 18.9 Å². The van der Waals surface area contributed by atoms with Gasteiger partial charge in [0.25, 0.3) is 0 Å². The second-order valence-electron chi connectivity index (χ2n) is 3.69. The molecular weight excluding hydrogens is 234 g/mol. The third-order valence-electron chi connectivity index (χ3n) is 2.41. The molecule has 0 amide bonds. The van der Waals surface area contributed by atoms with Crippen molar-refractivity contribution in [3.05, 3.63) is 23.8 Å². The lowest BCUT2D eigenvalue weighted by molar-refractivity contribution is 0.0502. The van der Waals surface area contributed by atoms with Gasteiger partial charge in [-0.25, -0.2) is 0 Å². The van der Waals surface area contributed by atoms with E-state index >= 15 is 0 Å². The van der Waals surface area contributed by atoms with Crippen molar-refractivity contribution in [3.63, 3.8) is 0 Å². The third-order valence-corrected chi connectivity index (χ3v) is 2.41. The molecule has 0 heterocycles. The molecule has 0 fully saturated rings. The molecular formula is C13H21NO4. The zero-order valence-electron chi connectivity index (χ0n) is 11.2. The average molecular weight is 255 g/mol. The van der Waals surface area contributed by atoms with Crippen LogP contribution in [0.4, 0.5) is 0 Å². The molecule has 0 radical (unpaired) electrons. The molecule has 102 valence electrons. The summed E-state index contributed by atoms with van der Waals surface area (Å²) in [5, 5.41) is 3.27. The lowest BCUT2D eigenvalue weighted by Gasteiger charge is -2.13. The van der Waals surface area contributed by atoms with E-state index < -0.39 is 0 Å². The van der Waals surface area contributed by atoms with Crippen molar-refractivity contribution in [2.24, 2.45) is 0 Å². The van der Waals surface area contributed by atoms with Crippen LogP contribution in [-0.4, -0.2) is 41.3 Å². The maximum atomic E-state index is 5.51. The lowest BCUT2D eigenvalue weighted by atomic mass is 10.2. The van der Waals surface area contributed by atoms with Gasteiger partial charge in [-0.1, -0.05) is 6.07 Å². The largest absolute Gasteiger partial charge is 0.497 e. The van der Waals surface area contributed by atoms with Crippen molar-refractivity contribution in [2.45, 2.75) is 6.54 Å². The van der Waals surface area contributed by atoms with Crippen LogP contribution >= 0.6 is 0 Å². The van der Waals surface area contributed by atoms with Gasteiger partial charge >= 0.3 is 0 Å². The fourth-order valence-electron chi connectivity index (χ4n) is 1.46. The van der Waals surface area contributed by atoms with Gasteiger partial charge in [0, 0.05) is 38.9 Å². The van der Waals surface area contributed by atoms with Crippen LogP contribution in [0.25, 0.3) is 0 Å². The molecule has 0 saturated carbocycles. The third kappa shape index (κ3) is 4.91. The number of hydrogen-bond donors (Lipinski definition) is 1. The first-order valence-corrected chi connectivity index (χ1v) is 5.80. The Hall–Kier alpha value is -1.30. The molecule has 1 rings (SSSR count). The lowest BCUT2D eigenvalue weighted by Crippen LogP contribution is -2.19. The summed E-state index contributed by atoms with van der Waals surface area (Å²) in [6, 6.07) is 5.74. The Labute approximate surface area is 108 Å². The Balaban J connectivity index is 2.62. The fraction of sp³-hybridized carbons (Fsp3) is 0.538. The standard InChI is InChI=1S/C13H21NO4/c1-15-7-6-14-9-11-4-5-12(17-3)8-13(11)18-10-16-2/h4-5,8,14H,6-7,9-10H2,1-3H3. The smallest absolute Gasteiger partial charge is 0.188 e. The summed E-state index contributed by atoms with van der Waals surface area (Å²) in [5.74, 6) is 1.53. The molecule has 0 atom stereocenters. The molecule has 0 aliphatic rings. The first kappa shape index (κ1) is 14.8. The van der Waals surface area contributed by atoms with E-state index in [4.69, 9.17) is 18.9 Å². The minimum atomic E-state index is 0.220. The Bertz CT molecular complexity index is 344. The summed E-state index contributed by atoms with van der Waals surface area (Å²) in [4.78, 5) is 0. The van der Waals surface area contributed by atoms with E-state index in [0.717, 1.165) is 23.6 Å². The monoisotopic (exact) mass is 255 g/mol. The maximum Gasteiger partial charge on any atom is 0.188 e. The summed E-state index contributed by atoms with van der Waals surface area (Å²) < 4.78 is 20.6. The van der Waals surface area contributed by atoms with Crippen LogP contribution in [0, 0.1) is 0 Å². The van der Waals surface area contributed by atoms with Crippen LogP contribution < -0.4 is 14.8 Å². The van der Waals surface area contributed by atoms with E-state index in [9.17, 15) is 0 Å². The number of methoxy groups -OCH3 is 3. The second kappa shape index (κ2) is 8.74. The number of benzene rings is 1. The molecule has 0 bridgehead atoms. The molecule has 1 aromatic rings. The normalized spacial score (nSPS) is 10.4. The zero-order valence-corrected chi connectivity index (χ0v) is 11.2. The number of hydrogen-bond acceptors (Lipinski definition) is 5. The van der Waals surface area contributed by atoms with Gasteiger partial charge in [0.2, 0.25) is 0 Å². The van der Waals surface area contributed by atoms with Gasteiger partial charge in [0.1, 0.15) is 11.5 Å². The van der Waals surface area contributed by atoms with Gasteiger partial charge in [-0.3, -0.25) is 0 Å². The molecule has 0 unspecified atom stereocenters. The Morgan fingerprint density at radius 3 is 2.61 bits per heavy atom. The summed E-state index contributed by atoms with van der Waals surface area (Å²) >= 11 is 0. The predicted octanol–water partition coefficient (Wildman–Crippen LogP) is 1.41. The molecule has 5 heteroatoms. The van der Waals surface area contributed by atoms with Crippen LogP contribution in [0.5, 0.6) is 11.5 Å². The average Bonchev–Trinajstić information content (AvgIpc) is 2.42. The van der Waals surface area contributed by atoms with Gasteiger partial charge in [-0.05, 0) is 6.07 Å². The summed E-state index contributed by atoms with van der Waals surface area (Å²) in [7, 11) is 4.91. The minimum Gasteiger partial charge on any atom is -0.497 e. The van der Waals surface area contributed by atoms with Crippen LogP contribution in [0.2, 0.25) is 0 Å². The summed E-state index contributed by atoms with van der Waals surface area (Å²) in [6.45, 7) is 2.42. The summed E-state index contributed by atoms with van der Waals surface area (Å²) in [6.07, 6.45) is 0. The van der Waals surface area contributed by atoms with E-state index in [0.29, 0.717) is 13.2 Å². The van der Waals surface area contributed by atoms with Gasteiger partial charge in [-0.15, -0.1) is 0 Å². The van der Waals surface area contributed by atoms with Gasteiger partial charge in [-0.2, -0.15) is 0 Å². The summed E-state index contributed by atoms with van der Waals surface area (Å²) in [5.41, 5.74) is 1.06. The molecule has 0 aliphatic carbocycles. The highest BCUT2D eigenvalue weighted by atomic mass is 16.7. The minimum absolute atomic E-state index is 0.220. The van der Waals surface area contributed by atoms with E-state index in [2.05, 4.69) is 5.32 Å². The van der Waals surface area contributed by atoms with Crippen molar-refractivity contribution in [3.8, 4) is 11.5 Å². The van der Waals surface area contributed by atoms with Gasteiger partial charge in [0.15, 0.2) is 6.79 Å². The van der Waals surface area contributed by atoms with E-state index in [1.54, 1.807) is 21.3 Å². The van der Waals surface area contributed by atoms with Gasteiger partial charge < -0.3 is 24.3 Å². The molecule has 0 aromatic heterocycles. The number of rotatable bonds is 9. The molecule has 5 nitrogen and oxygen atoms in total. The van der Waals surface area contributed by atoms with Crippen LogP contribution in [0.3, 0.4) is 0 Å². The van der Waals surface area contributed by atoms with Crippen molar-refractivity contribution in [1.82, 2.24) is 5.32 Å².